The maximum Gasteiger partial charge on any atom is 0.112 e. The molecular formula is C24H16N6. The van der Waals surface area contributed by atoms with Gasteiger partial charge in [-0.25, -0.2) is 9.97 Å². The molecule has 0 aliphatic rings. The molecule has 0 aliphatic carbocycles. The second-order valence-corrected chi connectivity index (χ2v) is 6.58. The van der Waals surface area contributed by atoms with E-state index in [9.17, 15) is 0 Å². The highest BCUT2D eigenvalue weighted by Gasteiger charge is 2.09. The van der Waals surface area contributed by atoms with E-state index in [1.807, 2.05) is 78.9 Å². The topological polar surface area (TPSA) is 77.3 Å². The molecule has 5 heterocycles. The van der Waals surface area contributed by atoms with Crippen molar-refractivity contribution in [2.75, 3.05) is 0 Å². The number of rotatable bonds is 4. The first-order chi connectivity index (χ1) is 14.9. The molecule has 30 heavy (non-hydrogen) atoms. The quantitative estimate of drug-likeness (QED) is 0.443. The number of hydrogen-bond acceptors (Lipinski definition) is 6. The number of hydrogen-bond donors (Lipinski definition) is 0. The molecule has 0 radical (unpaired) electrons. The van der Waals surface area contributed by atoms with Crippen molar-refractivity contribution in [2.24, 2.45) is 0 Å². The fraction of sp³-hybridized carbons (Fsp3) is 0. The molecule has 0 bridgehead atoms. The Kier molecular flexibility index (Phi) is 4.72. The van der Waals surface area contributed by atoms with Gasteiger partial charge in [0.2, 0.25) is 0 Å². The van der Waals surface area contributed by atoms with Gasteiger partial charge in [-0.1, -0.05) is 24.3 Å². The maximum absolute atomic E-state index is 4.75. The molecule has 6 nitrogen and oxygen atoms in total. The summed E-state index contributed by atoms with van der Waals surface area (Å²) in [6.07, 6.45) is 5.22. The summed E-state index contributed by atoms with van der Waals surface area (Å²) in [6, 6.07) is 25.1. The van der Waals surface area contributed by atoms with Crippen molar-refractivity contribution in [3.05, 3.63) is 97.5 Å². The molecule has 0 aromatic carbocycles. The monoisotopic (exact) mass is 388 g/mol. The van der Waals surface area contributed by atoms with E-state index in [-0.39, 0.29) is 0 Å². The molecule has 5 rings (SSSR count). The van der Waals surface area contributed by atoms with Crippen LogP contribution in [0.1, 0.15) is 0 Å². The molecule has 0 saturated carbocycles. The minimum Gasteiger partial charge on any atom is -0.255 e. The summed E-state index contributed by atoms with van der Waals surface area (Å²) in [7, 11) is 0. The van der Waals surface area contributed by atoms with Crippen LogP contribution >= 0.6 is 0 Å². The number of nitrogens with zero attached hydrogens (tertiary/aromatic N) is 6. The van der Waals surface area contributed by atoms with Gasteiger partial charge in [-0.15, -0.1) is 5.10 Å². The predicted octanol–water partition coefficient (Wildman–Crippen LogP) is 4.72. The molecule has 5 aromatic heterocycles. The van der Waals surface area contributed by atoms with E-state index in [2.05, 4.69) is 20.2 Å². The Balaban J connectivity index is 1.52. The van der Waals surface area contributed by atoms with Gasteiger partial charge in [0.25, 0.3) is 0 Å². The van der Waals surface area contributed by atoms with Gasteiger partial charge in [-0.2, -0.15) is 5.10 Å². The molecule has 0 aliphatic heterocycles. The second kappa shape index (κ2) is 7.97. The van der Waals surface area contributed by atoms with Crippen LogP contribution in [-0.4, -0.2) is 30.1 Å². The van der Waals surface area contributed by atoms with Crippen molar-refractivity contribution < 1.29 is 0 Å². The van der Waals surface area contributed by atoms with Crippen molar-refractivity contribution in [1.82, 2.24) is 30.1 Å². The van der Waals surface area contributed by atoms with Crippen molar-refractivity contribution in [1.29, 1.82) is 0 Å². The molecule has 6 heteroatoms. The average molecular weight is 388 g/mol. The number of pyridine rings is 4. The molecule has 0 amide bonds. The Bertz CT molecular complexity index is 1190. The zero-order valence-corrected chi connectivity index (χ0v) is 15.9. The summed E-state index contributed by atoms with van der Waals surface area (Å²) in [5, 5.41) is 8.46. The second-order valence-electron chi connectivity index (χ2n) is 6.58. The van der Waals surface area contributed by atoms with Gasteiger partial charge in [-0.3, -0.25) is 9.97 Å². The lowest BCUT2D eigenvalue weighted by Gasteiger charge is -2.07. The van der Waals surface area contributed by atoms with Gasteiger partial charge in [0.1, 0.15) is 5.69 Å². The van der Waals surface area contributed by atoms with Gasteiger partial charge in [0, 0.05) is 18.0 Å². The van der Waals surface area contributed by atoms with Crippen LogP contribution in [0.5, 0.6) is 0 Å². The van der Waals surface area contributed by atoms with E-state index in [0.29, 0.717) is 5.69 Å². The van der Waals surface area contributed by atoms with Crippen LogP contribution < -0.4 is 0 Å². The third kappa shape index (κ3) is 3.66. The van der Waals surface area contributed by atoms with E-state index in [0.717, 1.165) is 39.7 Å². The molecule has 0 fully saturated rings. The molecule has 0 unspecified atom stereocenters. The van der Waals surface area contributed by atoms with Crippen molar-refractivity contribution in [3.8, 4) is 45.4 Å². The molecule has 0 N–H and O–H groups in total. The first-order valence-electron chi connectivity index (χ1n) is 9.47. The Morgan fingerprint density at radius 2 is 1.00 bits per heavy atom. The van der Waals surface area contributed by atoms with Crippen molar-refractivity contribution in [3.63, 3.8) is 0 Å². The lowest BCUT2D eigenvalue weighted by atomic mass is 10.1. The Hall–Kier alpha value is -4.32. The summed E-state index contributed by atoms with van der Waals surface area (Å²) >= 11 is 0. The number of aromatic nitrogens is 6. The van der Waals surface area contributed by atoms with E-state index in [1.165, 1.54) is 0 Å². The molecule has 0 atom stereocenters. The van der Waals surface area contributed by atoms with Gasteiger partial charge in [-0.05, 0) is 54.6 Å². The molecule has 142 valence electrons. The lowest BCUT2D eigenvalue weighted by Crippen LogP contribution is -1.95. The summed E-state index contributed by atoms with van der Waals surface area (Å²) < 4.78 is 0. The highest BCUT2D eigenvalue weighted by molar-refractivity contribution is 5.69. The Morgan fingerprint density at radius 3 is 1.60 bits per heavy atom. The SMILES string of the molecule is c1ccc(-c2cccc(-c3cnnc(-c4cccc(-c5ccccn5)n4)c3)n2)nc1. The van der Waals surface area contributed by atoms with Crippen LogP contribution in [-0.2, 0) is 0 Å². The summed E-state index contributed by atoms with van der Waals surface area (Å²) in [4.78, 5) is 18.2. The highest BCUT2D eigenvalue weighted by atomic mass is 15.1. The van der Waals surface area contributed by atoms with E-state index in [4.69, 9.17) is 9.97 Å². The Labute approximate surface area is 173 Å². The minimum atomic E-state index is 0.676. The van der Waals surface area contributed by atoms with Crippen LogP contribution in [0.25, 0.3) is 45.4 Å². The van der Waals surface area contributed by atoms with Crippen LogP contribution in [0.15, 0.2) is 97.5 Å². The van der Waals surface area contributed by atoms with Crippen LogP contribution in [0.3, 0.4) is 0 Å². The van der Waals surface area contributed by atoms with Crippen LogP contribution in [0.2, 0.25) is 0 Å². The third-order valence-corrected chi connectivity index (χ3v) is 4.57. The largest absolute Gasteiger partial charge is 0.255 e. The first-order valence-corrected chi connectivity index (χ1v) is 9.47. The van der Waals surface area contributed by atoms with Gasteiger partial charge in [0.05, 0.1) is 40.4 Å². The molecule has 0 spiro atoms. The van der Waals surface area contributed by atoms with E-state index in [1.54, 1.807) is 18.6 Å². The summed E-state index contributed by atoms with van der Waals surface area (Å²) in [5.41, 5.74) is 6.30. The molecular weight excluding hydrogens is 372 g/mol. The van der Waals surface area contributed by atoms with Gasteiger partial charge >= 0.3 is 0 Å². The highest BCUT2D eigenvalue weighted by Crippen LogP contribution is 2.25. The Morgan fingerprint density at radius 1 is 0.467 bits per heavy atom. The molecule has 5 aromatic rings. The lowest BCUT2D eigenvalue weighted by molar-refractivity contribution is 1.03. The van der Waals surface area contributed by atoms with Crippen LogP contribution in [0, 0.1) is 0 Å². The smallest absolute Gasteiger partial charge is 0.112 e. The van der Waals surface area contributed by atoms with Gasteiger partial charge < -0.3 is 0 Å². The predicted molar refractivity (Wildman–Crippen MR) is 115 cm³/mol. The fourth-order valence-electron chi connectivity index (χ4n) is 3.12. The zero-order valence-electron chi connectivity index (χ0n) is 15.9. The zero-order chi connectivity index (χ0) is 20.2. The first kappa shape index (κ1) is 17.8. The van der Waals surface area contributed by atoms with Crippen LogP contribution in [0.4, 0.5) is 0 Å². The van der Waals surface area contributed by atoms with Gasteiger partial charge in [0.15, 0.2) is 0 Å². The fourth-order valence-corrected chi connectivity index (χ4v) is 3.12. The van der Waals surface area contributed by atoms with E-state index >= 15 is 0 Å². The normalized spacial score (nSPS) is 10.7. The maximum atomic E-state index is 4.75. The third-order valence-electron chi connectivity index (χ3n) is 4.57. The summed E-state index contributed by atoms with van der Waals surface area (Å²) in [5.74, 6) is 0. The van der Waals surface area contributed by atoms with Crippen molar-refractivity contribution >= 4 is 0 Å². The van der Waals surface area contributed by atoms with E-state index < -0.39 is 0 Å². The van der Waals surface area contributed by atoms with Crippen molar-refractivity contribution in [2.45, 2.75) is 0 Å². The standard InChI is InChI=1S/C24H16N6/c1-3-13-25-19(7-1)21-10-5-9-18(28-21)17-15-24(30-27-16-17)23-12-6-11-22(29-23)20-8-2-4-14-26-20/h1-16H. The molecule has 0 saturated heterocycles. The average Bonchev–Trinajstić information content (AvgIpc) is 2.85. The minimum absolute atomic E-state index is 0.676. The summed E-state index contributed by atoms with van der Waals surface area (Å²) in [6.45, 7) is 0.